The average molecular weight is 773 g/mol. The fourth-order valence-electron chi connectivity index (χ4n) is 3.39. The van der Waals surface area contributed by atoms with Crippen molar-refractivity contribution in [3.8, 4) is 0 Å². The Morgan fingerprint density at radius 1 is 0.367 bits per heavy atom. The van der Waals surface area contributed by atoms with E-state index in [1.807, 2.05) is 0 Å². The minimum Gasteiger partial charge on any atom is -0.382 e. The van der Waals surface area contributed by atoms with Crippen molar-refractivity contribution >= 4 is 12.6 Å². The predicted molar refractivity (Wildman–Crippen MR) is 150 cm³/mol. The molecule has 0 aromatic carbocycles. The number of ether oxygens (including phenoxy) is 9. The molecule has 0 N–H and O–H groups in total. The van der Waals surface area contributed by atoms with Gasteiger partial charge in [-0.05, 0) is 18.6 Å². The molecule has 9 nitrogen and oxygen atoms in total. The molecule has 49 heavy (non-hydrogen) atoms. The van der Waals surface area contributed by atoms with Crippen molar-refractivity contribution in [2.24, 2.45) is 0 Å². The van der Waals surface area contributed by atoms with Crippen molar-refractivity contribution in [2.45, 2.75) is 88.0 Å². The Kier molecular flexibility index (Phi) is 24.0. The molecule has 0 aliphatic rings. The van der Waals surface area contributed by atoms with Gasteiger partial charge in [0.25, 0.3) is 0 Å². The Labute approximate surface area is 281 Å². The first-order valence-corrected chi connectivity index (χ1v) is 15.7. The topological polar surface area (TPSA) is 83.1 Å². The molecule has 0 fully saturated rings. The van der Waals surface area contributed by atoms with Crippen LogP contribution in [0.25, 0.3) is 0 Å². The molecule has 0 aromatic rings. The molecular weight excluding hydrogens is 728 g/mol. The van der Waals surface area contributed by atoms with Gasteiger partial charge in [0.05, 0.1) is 52.9 Å². The van der Waals surface area contributed by atoms with Gasteiger partial charge in [0, 0.05) is 13.7 Å². The normalized spacial score (nSPS) is 13.8. The molecule has 0 saturated carbocycles. The zero-order valence-corrected chi connectivity index (χ0v) is 27.7. The van der Waals surface area contributed by atoms with Gasteiger partial charge in [-0.25, -0.2) is 14.2 Å². The van der Waals surface area contributed by atoms with Crippen LogP contribution in [0.5, 0.6) is 0 Å². The summed E-state index contributed by atoms with van der Waals surface area (Å²) in [4.78, 5) is 0. The molecule has 0 spiro atoms. The number of rotatable bonds is 34. The van der Waals surface area contributed by atoms with E-state index in [1.54, 1.807) is 0 Å². The van der Waals surface area contributed by atoms with Gasteiger partial charge in [-0.1, -0.05) is 38.5 Å². The van der Waals surface area contributed by atoms with Gasteiger partial charge in [-0.15, -0.1) is 0 Å². The summed E-state index contributed by atoms with van der Waals surface area (Å²) < 4.78 is 200. The molecule has 0 aliphatic heterocycles. The summed E-state index contributed by atoms with van der Waals surface area (Å²) in [7, 11) is 1.48. The van der Waals surface area contributed by atoms with Crippen molar-refractivity contribution < 1.29 is 95.3 Å². The quantitative estimate of drug-likeness (QED) is 0.0410. The highest BCUT2D eigenvalue weighted by molar-refractivity contribution is 7.80. The lowest BCUT2D eigenvalue weighted by Gasteiger charge is -2.34. The van der Waals surface area contributed by atoms with Crippen molar-refractivity contribution in [1.82, 2.24) is 0 Å². The van der Waals surface area contributed by atoms with Gasteiger partial charge in [0.15, 0.2) is 0 Å². The Morgan fingerprint density at radius 2 is 0.673 bits per heavy atom. The zero-order valence-electron chi connectivity index (χ0n) is 26.8. The fourth-order valence-corrected chi connectivity index (χ4v) is 3.62. The van der Waals surface area contributed by atoms with E-state index in [4.69, 9.17) is 18.9 Å². The Bertz CT molecular complexity index is 834. The van der Waals surface area contributed by atoms with Crippen LogP contribution >= 0.6 is 12.6 Å². The number of unbranched alkanes of at least 4 members (excludes halogenated alkanes) is 7. The maximum Gasteiger partial charge on any atom is 0.453 e. The van der Waals surface area contributed by atoms with E-state index in [0.29, 0.717) is 26.1 Å². The Morgan fingerprint density at radius 3 is 1.06 bits per heavy atom. The molecule has 0 rings (SSSR count). The third-order valence-electron chi connectivity index (χ3n) is 5.77. The third-order valence-corrected chi connectivity index (χ3v) is 6.09. The van der Waals surface area contributed by atoms with Crippen LogP contribution in [0.15, 0.2) is 0 Å². The second-order valence-electron chi connectivity index (χ2n) is 10.1. The fraction of sp³-hybridized carbons (Fsp3) is 1.00. The highest BCUT2D eigenvalue weighted by atomic mass is 32.1. The molecule has 0 saturated heterocycles. The molecule has 22 heteroatoms. The lowest BCUT2D eigenvalue weighted by molar-refractivity contribution is -0.558. The number of methoxy groups -OCH3 is 1. The Balaban J connectivity index is 4.61. The van der Waals surface area contributed by atoms with Gasteiger partial charge in [0.1, 0.15) is 13.2 Å². The van der Waals surface area contributed by atoms with Crippen LogP contribution in [-0.4, -0.2) is 122 Å². The Hall–Kier alpha value is -0.850. The van der Waals surface area contributed by atoms with E-state index >= 15 is 0 Å². The first-order valence-electron chi connectivity index (χ1n) is 15.1. The van der Waals surface area contributed by atoms with E-state index in [9.17, 15) is 52.7 Å². The highest BCUT2D eigenvalue weighted by Gasteiger charge is 2.74. The largest absolute Gasteiger partial charge is 0.453 e. The molecule has 0 heterocycles. The molecule has 0 aromatic heterocycles. The van der Waals surface area contributed by atoms with Crippen molar-refractivity contribution in [3.63, 3.8) is 0 Å². The van der Waals surface area contributed by atoms with E-state index in [-0.39, 0.29) is 32.8 Å². The van der Waals surface area contributed by atoms with Gasteiger partial charge < -0.3 is 28.4 Å². The lowest BCUT2D eigenvalue weighted by Crippen LogP contribution is -2.58. The van der Waals surface area contributed by atoms with Crippen molar-refractivity contribution in [3.05, 3.63) is 0 Å². The van der Waals surface area contributed by atoms with Crippen LogP contribution in [0, 0.1) is 0 Å². The maximum absolute atomic E-state index is 13.7. The number of thiol groups is 1. The minimum absolute atomic E-state index is 0.0340. The first kappa shape index (κ1) is 48.1. The average Bonchev–Trinajstić information content (AvgIpc) is 2.96. The van der Waals surface area contributed by atoms with E-state index in [2.05, 4.69) is 36.3 Å². The predicted octanol–water partition coefficient (Wildman–Crippen LogP) is 7.37. The second kappa shape index (κ2) is 24.4. The first-order chi connectivity index (χ1) is 22.7. The van der Waals surface area contributed by atoms with Gasteiger partial charge >= 0.3 is 36.7 Å². The van der Waals surface area contributed by atoms with Crippen LogP contribution in [-0.2, 0) is 42.6 Å². The summed E-state index contributed by atoms with van der Waals surface area (Å²) in [5, 5.41) is 0. The molecule has 0 atom stereocenters. The number of hydrogen-bond donors (Lipinski definition) is 1. The van der Waals surface area contributed by atoms with Crippen LogP contribution in [0.1, 0.15) is 51.4 Å². The van der Waals surface area contributed by atoms with Gasteiger partial charge in [-0.3, -0.25) is 0 Å². The summed E-state index contributed by atoms with van der Waals surface area (Å²) >= 11 is 4.08. The molecule has 0 aliphatic carbocycles. The molecule has 0 unspecified atom stereocenters. The van der Waals surface area contributed by atoms with Crippen LogP contribution < -0.4 is 0 Å². The number of alkyl halides is 12. The van der Waals surface area contributed by atoms with Crippen LogP contribution in [0.3, 0.4) is 0 Å². The van der Waals surface area contributed by atoms with Crippen LogP contribution in [0.2, 0.25) is 0 Å². The van der Waals surface area contributed by atoms with E-state index < -0.39 is 69.7 Å². The lowest BCUT2D eigenvalue weighted by atomic mass is 10.1. The third kappa shape index (κ3) is 22.6. The standard InChI is InChI=1S/C27H44F12O9S/c1-40-11-12-41-13-14-42-15-16-43-17-18-45-21-23(30,31)47-25(34,35)27(38,39)48-26(36,37)24(32,33)46-22(28,29)20-44-10-8-6-4-2-3-5-7-9-19-49/h49H,2-21H2,1H3. The minimum atomic E-state index is -6.94. The number of hydrogen-bond acceptors (Lipinski definition) is 10. The maximum atomic E-state index is 13.7. The SMILES string of the molecule is COCCOCCOCCOCCOCC(F)(F)OC(F)(F)C(F)(F)OC(F)(F)C(F)(F)OC(F)(F)COCCCCCCCCCCS. The van der Waals surface area contributed by atoms with Crippen molar-refractivity contribution in [1.29, 1.82) is 0 Å². The number of halogens is 12. The summed E-state index contributed by atoms with van der Waals surface area (Å²) in [6, 6.07) is 0. The highest BCUT2D eigenvalue weighted by Crippen LogP contribution is 2.48. The zero-order chi connectivity index (χ0) is 37.5. The van der Waals surface area contributed by atoms with E-state index in [0.717, 1.165) is 37.9 Å². The van der Waals surface area contributed by atoms with Gasteiger partial charge in [0.2, 0.25) is 0 Å². The molecular formula is C27H44F12O9S. The summed E-state index contributed by atoms with van der Waals surface area (Å²) in [5.74, 6) is 0.766. The molecule has 0 amide bonds. The molecule has 0 bridgehead atoms. The summed E-state index contributed by atoms with van der Waals surface area (Å²) in [6.07, 6.45) is -31.8. The molecule has 0 radical (unpaired) electrons. The smallest absolute Gasteiger partial charge is 0.382 e. The summed E-state index contributed by atoms with van der Waals surface area (Å²) in [5.41, 5.74) is 0. The van der Waals surface area contributed by atoms with E-state index in [1.165, 1.54) is 7.11 Å². The molecule has 296 valence electrons. The van der Waals surface area contributed by atoms with Crippen molar-refractivity contribution in [2.75, 3.05) is 85.5 Å². The second-order valence-corrected chi connectivity index (χ2v) is 10.6. The monoisotopic (exact) mass is 772 g/mol. The van der Waals surface area contributed by atoms with Gasteiger partial charge in [-0.2, -0.15) is 65.3 Å². The summed E-state index contributed by atoms with van der Waals surface area (Å²) in [6.45, 7) is -4.69. The van der Waals surface area contributed by atoms with Crippen LogP contribution in [0.4, 0.5) is 52.7 Å².